The van der Waals surface area contributed by atoms with Gasteiger partial charge in [-0.1, -0.05) is 0 Å². The van der Waals surface area contributed by atoms with Gasteiger partial charge in [0.15, 0.2) is 0 Å². The van der Waals surface area contributed by atoms with Gasteiger partial charge in [0.1, 0.15) is 0 Å². The molecule has 5 nitrogen and oxygen atoms in total. The van der Waals surface area contributed by atoms with Crippen molar-refractivity contribution < 1.29 is 22.0 Å². The molecule has 0 atom stereocenters. The van der Waals surface area contributed by atoms with Crippen LogP contribution in [0, 0.1) is 5.92 Å². The SMILES string of the molecule is Nc1ccc(S(=O)(=O)NC(=O)C2CC(F)(F)C2)cc1. The number of anilines is 1. The first kappa shape index (κ1) is 13.7. The second-order valence-corrected chi connectivity index (χ2v) is 6.18. The molecule has 0 aliphatic heterocycles. The normalized spacial score (nSPS) is 18.6. The summed E-state index contributed by atoms with van der Waals surface area (Å²) in [6, 6.07) is 5.22. The summed E-state index contributed by atoms with van der Waals surface area (Å²) in [6.07, 6.45) is -1.23. The van der Waals surface area contributed by atoms with Crippen LogP contribution in [0.3, 0.4) is 0 Å². The van der Waals surface area contributed by atoms with Gasteiger partial charge in [0.05, 0.1) is 10.8 Å². The number of nitrogen functional groups attached to an aromatic ring is 1. The van der Waals surface area contributed by atoms with Crippen LogP contribution in [-0.4, -0.2) is 20.2 Å². The summed E-state index contributed by atoms with van der Waals surface area (Å²) in [5.41, 5.74) is 5.79. The number of halogens is 2. The Morgan fingerprint density at radius 1 is 1.26 bits per heavy atom. The van der Waals surface area contributed by atoms with Gasteiger partial charge in [-0.15, -0.1) is 0 Å². The van der Waals surface area contributed by atoms with E-state index < -0.39 is 40.6 Å². The second kappa shape index (κ2) is 4.44. The number of nitrogens with one attached hydrogen (secondary N) is 1. The van der Waals surface area contributed by atoms with E-state index in [0.717, 1.165) is 0 Å². The molecule has 1 saturated carbocycles. The zero-order valence-electron chi connectivity index (χ0n) is 9.77. The number of hydrogen-bond donors (Lipinski definition) is 2. The Hall–Kier alpha value is -1.70. The molecule has 1 aliphatic rings. The number of nitrogens with two attached hydrogens (primary N) is 1. The Labute approximate surface area is 108 Å². The number of benzene rings is 1. The van der Waals surface area contributed by atoms with Gasteiger partial charge in [0, 0.05) is 18.5 Å². The first-order valence-corrected chi connectivity index (χ1v) is 6.98. The monoisotopic (exact) mass is 290 g/mol. The van der Waals surface area contributed by atoms with Gasteiger partial charge in [-0.25, -0.2) is 21.9 Å². The lowest BCUT2D eigenvalue weighted by molar-refractivity contribution is -0.148. The van der Waals surface area contributed by atoms with Crippen LogP contribution in [0.5, 0.6) is 0 Å². The van der Waals surface area contributed by atoms with Crippen molar-refractivity contribution >= 4 is 21.6 Å². The summed E-state index contributed by atoms with van der Waals surface area (Å²) >= 11 is 0. The van der Waals surface area contributed by atoms with Crippen molar-refractivity contribution in [2.75, 3.05) is 5.73 Å². The van der Waals surface area contributed by atoms with Gasteiger partial charge in [-0.2, -0.15) is 0 Å². The first-order chi connectivity index (χ1) is 8.70. The minimum absolute atomic E-state index is 0.138. The quantitative estimate of drug-likeness (QED) is 0.816. The van der Waals surface area contributed by atoms with E-state index in [1.54, 1.807) is 4.72 Å². The predicted molar refractivity (Wildman–Crippen MR) is 63.9 cm³/mol. The molecule has 0 unspecified atom stereocenters. The fourth-order valence-corrected chi connectivity index (χ4v) is 2.81. The van der Waals surface area contributed by atoms with E-state index in [1.165, 1.54) is 24.3 Å². The number of sulfonamides is 1. The summed E-state index contributed by atoms with van der Waals surface area (Å²) in [4.78, 5) is 11.4. The average Bonchev–Trinajstić information content (AvgIpc) is 2.25. The van der Waals surface area contributed by atoms with Gasteiger partial charge in [0.25, 0.3) is 10.0 Å². The Balaban J connectivity index is 2.06. The van der Waals surface area contributed by atoms with Crippen LogP contribution in [0.1, 0.15) is 12.8 Å². The van der Waals surface area contributed by atoms with Crippen molar-refractivity contribution in [1.29, 1.82) is 0 Å². The Bertz CT molecular complexity index is 591. The van der Waals surface area contributed by atoms with Crippen molar-refractivity contribution in [3.05, 3.63) is 24.3 Å². The highest BCUT2D eigenvalue weighted by molar-refractivity contribution is 7.90. The Morgan fingerprint density at radius 3 is 2.26 bits per heavy atom. The summed E-state index contributed by atoms with van der Waals surface area (Å²) in [6.45, 7) is 0. The molecule has 0 spiro atoms. The van der Waals surface area contributed by atoms with Crippen LogP contribution in [-0.2, 0) is 14.8 Å². The average molecular weight is 290 g/mol. The zero-order chi connectivity index (χ0) is 14.3. The lowest BCUT2D eigenvalue weighted by atomic mass is 9.81. The number of alkyl halides is 2. The van der Waals surface area contributed by atoms with Crippen LogP contribution in [0.4, 0.5) is 14.5 Å². The van der Waals surface area contributed by atoms with Crippen LogP contribution in [0.15, 0.2) is 29.2 Å². The maximum absolute atomic E-state index is 12.6. The van der Waals surface area contributed by atoms with E-state index in [2.05, 4.69) is 0 Å². The molecule has 0 bridgehead atoms. The van der Waals surface area contributed by atoms with E-state index in [0.29, 0.717) is 5.69 Å². The van der Waals surface area contributed by atoms with Crippen LogP contribution < -0.4 is 10.5 Å². The van der Waals surface area contributed by atoms with Gasteiger partial charge in [0.2, 0.25) is 11.8 Å². The molecule has 1 fully saturated rings. The highest BCUT2D eigenvalue weighted by Gasteiger charge is 2.49. The highest BCUT2D eigenvalue weighted by atomic mass is 32.2. The molecule has 0 heterocycles. The summed E-state index contributed by atoms with van der Waals surface area (Å²) in [5.74, 6) is -4.73. The molecule has 104 valence electrons. The molecule has 8 heteroatoms. The minimum atomic E-state index is -4.03. The topological polar surface area (TPSA) is 89.3 Å². The maximum Gasteiger partial charge on any atom is 0.264 e. The fraction of sp³-hybridized carbons (Fsp3) is 0.364. The van der Waals surface area contributed by atoms with E-state index >= 15 is 0 Å². The summed E-state index contributed by atoms with van der Waals surface area (Å²) in [7, 11) is -4.03. The highest BCUT2D eigenvalue weighted by Crippen LogP contribution is 2.42. The number of carbonyl (C=O) groups is 1. The third kappa shape index (κ3) is 3.01. The van der Waals surface area contributed by atoms with E-state index in [1.807, 2.05) is 0 Å². The summed E-state index contributed by atoms with van der Waals surface area (Å²) < 4.78 is 50.6. The molecule has 1 amide bonds. The molecular formula is C11H12F2N2O3S. The van der Waals surface area contributed by atoms with E-state index in [-0.39, 0.29) is 4.90 Å². The smallest absolute Gasteiger partial charge is 0.264 e. The van der Waals surface area contributed by atoms with Gasteiger partial charge in [-0.05, 0) is 24.3 Å². The third-order valence-electron chi connectivity index (χ3n) is 2.89. The summed E-state index contributed by atoms with van der Waals surface area (Å²) in [5, 5.41) is 0. The van der Waals surface area contributed by atoms with Crippen LogP contribution in [0.25, 0.3) is 0 Å². The van der Waals surface area contributed by atoms with Gasteiger partial charge >= 0.3 is 0 Å². The molecule has 0 saturated heterocycles. The van der Waals surface area contributed by atoms with Crippen molar-refractivity contribution in [1.82, 2.24) is 4.72 Å². The minimum Gasteiger partial charge on any atom is -0.399 e. The first-order valence-electron chi connectivity index (χ1n) is 5.50. The van der Waals surface area contributed by atoms with E-state index in [4.69, 9.17) is 5.73 Å². The molecule has 3 N–H and O–H groups in total. The molecule has 0 aromatic heterocycles. The Morgan fingerprint density at radius 2 is 1.79 bits per heavy atom. The maximum atomic E-state index is 12.6. The van der Waals surface area contributed by atoms with Crippen molar-refractivity contribution in [3.8, 4) is 0 Å². The third-order valence-corrected chi connectivity index (χ3v) is 4.25. The Kier molecular flexibility index (Phi) is 3.21. The lowest BCUT2D eigenvalue weighted by Crippen LogP contribution is -2.46. The molecule has 1 aliphatic carbocycles. The lowest BCUT2D eigenvalue weighted by Gasteiger charge is -2.33. The fourth-order valence-electron chi connectivity index (χ4n) is 1.77. The standard InChI is InChI=1S/C11H12F2N2O3S/c12-11(13)5-7(6-11)10(16)15-19(17,18)9-3-1-8(14)2-4-9/h1-4,7H,5-6,14H2,(H,15,16). The zero-order valence-corrected chi connectivity index (χ0v) is 10.6. The second-order valence-electron chi connectivity index (χ2n) is 4.50. The van der Waals surface area contributed by atoms with Crippen molar-refractivity contribution in [2.24, 2.45) is 5.92 Å². The number of hydrogen-bond acceptors (Lipinski definition) is 4. The van der Waals surface area contributed by atoms with E-state index in [9.17, 15) is 22.0 Å². The number of carbonyl (C=O) groups excluding carboxylic acids is 1. The van der Waals surface area contributed by atoms with Crippen LogP contribution in [0.2, 0.25) is 0 Å². The molecule has 2 rings (SSSR count). The number of amides is 1. The van der Waals surface area contributed by atoms with Gasteiger partial charge < -0.3 is 5.73 Å². The van der Waals surface area contributed by atoms with Gasteiger partial charge in [-0.3, -0.25) is 4.79 Å². The largest absolute Gasteiger partial charge is 0.399 e. The predicted octanol–water partition coefficient (Wildman–Crippen LogP) is 1.12. The van der Waals surface area contributed by atoms with Crippen molar-refractivity contribution in [2.45, 2.75) is 23.7 Å². The number of rotatable bonds is 3. The molecular weight excluding hydrogens is 278 g/mol. The molecule has 0 radical (unpaired) electrons. The molecule has 19 heavy (non-hydrogen) atoms. The van der Waals surface area contributed by atoms with Crippen LogP contribution >= 0.6 is 0 Å². The van der Waals surface area contributed by atoms with Crippen molar-refractivity contribution in [3.63, 3.8) is 0 Å². The molecule has 1 aromatic carbocycles. The molecule has 1 aromatic rings.